The molecule has 1 aliphatic heterocycles. The minimum Gasteiger partial charge on any atom is -0.497 e. The van der Waals surface area contributed by atoms with E-state index in [0.717, 1.165) is 22.3 Å². The van der Waals surface area contributed by atoms with Crippen molar-refractivity contribution in [1.82, 2.24) is 0 Å². The number of hydrogen-bond donors (Lipinski definition) is 0. The van der Waals surface area contributed by atoms with Gasteiger partial charge >= 0.3 is 5.97 Å². The molecule has 1 aliphatic rings. The van der Waals surface area contributed by atoms with Gasteiger partial charge in [0, 0.05) is 11.6 Å². The highest BCUT2D eigenvalue weighted by molar-refractivity contribution is 7.95. The minimum atomic E-state index is -1.46. The Kier molecular flexibility index (Phi) is 7.36. The summed E-state index contributed by atoms with van der Waals surface area (Å²) in [7, 11) is 1.72. The normalized spacial score (nSPS) is 14.7. The second-order valence-corrected chi connectivity index (χ2v) is 9.12. The third kappa shape index (κ3) is 5.15. The van der Waals surface area contributed by atoms with Crippen LogP contribution in [0.1, 0.15) is 29.2 Å². The Balaban J connectivity index is 1.73. The maximum absolute atomic E-state index is 13.6. The monoisotopic (exact) mass is 490 g/mol. The van der Waals surface area contributed by atoms with E-state index in [0.29, 0.717) is 39.4 Å². The Labute approximate surface area is 207 Å². The molecular formula is C28H26O6S. The van der Waals surface area contributed by atoms with Gasteiger partial charge in [-0.15, -0.1) is 0 Å². The predicted octanol–water partition coefficient (Wildman–Crippen LogP) is 5.61. The van der Waals surface area contributed by atoms with E-state index >= 15 is 0 Å². The molecule has 7 heteroatoms. The lowest BCUT2D eigenvalue weighted by Crippen LogP contribution is -1.99. The first-order valence-electron chi connectivity index (χ1n) is 11.1. The maximum atomic E-state index is 13.6. The van der Waals surface area contributed by atoms with Gasteiger partial charge < -0.3 is 18.9 Å². The third-order valence-electron chi connectivity index (χ3n) is 5.49. The van der Waals surface area contributed by atoms with Gasteiger partial charge in [-0.3, -0.25) is 0 Å². The molecule has 1 unspecified atom stereocenters. The van der Waals surface area contributed by atoms with E-state index in [2.05, 4.69) is 0 Å². The van der Waals surface area contributed by atoms with Gasteiger partial charge in [-0.05, 0) is 91.2 Å². The van der Waals surface area contributed by atoms with Gasteiger partial charge in [0.05, 0.1) is 41.4 Å². The molecule has 3 aromatic rings. The highest BCUT2D eigenvalue weighted by Crippen LogP contribution is 2.44. The SMILES string of the molecule is CCOC(=O)C=Cc1ccc(OC2=C(c3ccc(OC)cc3)S(=O)c3cc(OC)ccc32)c(C)c1. The molecule has 0 saturated carbocycles. The van der Waals surface area contributed by atoms with Crippen LogP contribution in [-0.2, 0) is 20.3 Å². The van der Waals surface area contributed by atoms with E-state index in [4.69, 9.17) is 18.9 Å². The van der Waals surface area contributed by atoms with E-state index in [1.807, 2.05) is 61.5 Å². The van der Waals surface area contributed by atoms with Crippen LogP contribution >= 0.6 is 0 Å². The van der Waals surface area contributed by atoms with E-state index in [9.17, 15) is 9.00 Å². The van der Waals surface area contributed by atoms with E-state index in [-0.39, 0.29) is 5.97 Å². The summed E-state index contributed by atoms with van der Waals surface area (Å²) in [5, 5.41) is 0. The lowest BCUT2D eigenvalue weighted by Gasteiger charge is -2.13. The Morgan fingerprint density at radius 3 is 2.31 bits per heavy atom. The number of hydrogen-bond acceptors (Lipinski definition) is 6. The van der Waals surface area contributed by atoms with Crippen LogP contribution in [0.3, 0.4) is 0 Å². The Hall–Kier alpha value is -3.84. The van der Waals surface area contributed by atoms with Crippen molar-refractivity contribution >= 4 is 33.5 Å². The van der Waals surface area contributed by atoms with Crippen molar-refractivity contribution in [2.75, 3.05) is 20.8 Å². The van der Waals surface area contributed by atoms with Gasteiger partial charge in [-0.25, -0.2) is 9.00 Å². The molecule has 0 N–H and O–H groups in total. The van der Waals surface area contributed by atoms with Crippen LogP contribution in [0, 0.1) is 6.92 Å². The molecule has 0 amide bonds. The molecule has 0 saturated heterocycles. The molecule has 6 nitrogen and oxygen atoms in total. The average molecular weight is 491 g/mol. The quantitative estimate of drug-likeness (QED) is 0.302. The van der Waals surface area contributed by atoms with Gasteiger partial charge in [0.25, 0.3) is 0 Å². The van der Waals surface area contributed by atoms with Crippen molar-refractivity contribution in [1.29, 1.82) is 0 Å². The minimum absolute atomic E-state index is 0.329. The molecule has 35 heavy (non-hydrogen) atoms. The van der Waals surface area contributed by atoms with E-state index < -0.39 is 10.8 Å². The summed E-state index contributed by atoms with van der Waals surface area (Å²) in [6.45, 7) is 4.02. The lowest BCUT2D eigenvalue weighted by molar-refractivity contribution is -0.137. The first-order valence-corrected chi connectivity index (χ1v) is 12.2. The zero-order chi connectivity index (χ0) is 24.9. The molecule has 1 heterocycles. The lowest BCUT2D eigenvalue weighted by atomic mass is 10.1. The molecule has 0 aromatic heterocycles. The van der Waals surface area contributed by atoms with Crippen LogP contribution in [0.5, 0.6) is 17.2 Å². The van der Waals surface area contributed by atoms with Gasteiger partial charge in [0.1, 0.15) is 17.2 Å². The highest BCUT2D eigenvalue weighted by Gasteiger charge is 2.32. The fraction of sp³-hybridized carbons (Fsp3) is 0.179. The summed E-state index contributed by atoms with van der Waals surface area (Å²) in [5.74, 6) is 2.10. The maximum Gasteiger partial charge on any atom is 0.330 e. The molecule has 0 spiro atoms. The molecule has 0 radical (unpaired) electrons. The number of benzene rings is 3. The topological polar surface area (TPSA) is 71.1 Å². The van der Waals surface area contributed by atoms with Crippen LogP contribution in [0.4, 0.5) is 0 Å². The second kappa shape index (κ2) is 10.6. The number of esters is 1. The summed E-state index contributed by atoms with van der Waals surface area (Å²) in [6, 6.07) is 18.5. The largest absolute Gasteiger partial charge is 0.497 e. The standard InChI is InChI=1S/C28H26O6S/c1-5-33-26(29)15-7-19-6-14-24(18(2)16-19)34-27-23-13-12-22(32-4)17-25(23)35(30)28(27)20-8-10-21(31-3)11-9-20/h6-17H,5H2,1-4H3. The number of rotatable bonds is 8. The zero-order valence-corrected chi connectivity index (χ0v) is 20.8. The predicted molar refractivity (Wildman–Crippen MR) is 137 cm³/mol. The van der Waals surface area contributed by atoms with Crippen LogP contribution in [0.15, 0.2) is 71.6 Å². The van der Waals surface area contributed by atoms with Gasteiger partial charge in [-0.1, -0.05) is 6.07 Å². The van der Waals surface area contributed by atoms with Crippen molar-refractivity contribution in [2.45, 2.75) is 18.7 Å². The average Bonchev–Trinajstić information content (AvgIpc) is 3.15. The van der Waals surface area contributed by atoms with Crippen LogP contribution in [0.2, 0.25) is 0 Å². The number of aryl methyl sites for hydroxylation is 1. The van der Waals surface area contributed by atoms with Crippen molar-refractivity contribution < 1.29 is 28.0 Å². The van der Waals surface area contributed by atoms with E-state index in [1.54, 1.807) is 33.3 Å². The van der Waals surface area contributed by atoms with Crippen molar-refractivity contribution in [3.05, 3.63) is 89.0 Å². The highest BCUT2D eigenvalue weighted by atomic mass is 32.2. The smallest absolute Gasteiger partial charge is 0.330 e. The first kappa shape index (κ1) is 24.3. The Morgan fingerprint density at radius 2 is 1.66 bits per heavy atom. The molecule has 180 valence electrons. The summed E-state index contributed by atoms with van der Waals surface area (Å²) in [4.78, 5) is 12.8. The number of fused-ring (bicyclic) bond motifs is 1. The van der Waals surface area contributed by atoms with Crippen molar-refractivity contribution in [3.63, 3.8) is 0 Å². The van der Waals surface area contributed by atoms with Gasteiger partial charge in [0.15, 0.2) is 5.76 Å². The number of methoxy groups -OCH3 is 2. The molecular weight excluding hydrogens is 464 g/mol. The molecule has 1 atom stereocenters. The zero-order valence-electron chi connectivity index (χ0n) is 20.0. The van der Waals surface area contributed by atoms with Gasteiger partial charge in [-0.2, -0.15) is 0 Å². The fourth-order valence-electron chi connectivity index (χ4n) is 3.72. The number of carbonyl (C=O) groups is 1. The fourth-order valence-corrected chi connectivity index (χ4v) is 5.20. The van der Waals surface area contributed by atoms with Crippen LogP contribution in [0.25, 0.3) is 16.7 Å². The van der Waals surface area contributed by atoms with Crippen LogP contribution < -0.4 is 14.2 Å². The molecule has 4 rings (SSSR count). The summed E-state index contributed by atoms with van der Waals surface area (Å²) in [5.41, 5.74) is 3.24. The Bertz CT molecular complexity index is 1340. The first-order chi connectivity index (χ1) is 16.9. The van der Waals surface area contributed by atoms with E-state index in [1.165, 1.54) is 6.08 Å². The second-order valence-electron chi connectivity index (χ2n) is 7.73. The summed E-state index contributed by atoms with van der Waals surface area (Å²) < 4.78 is 35.6. The molecule has 3 aromatic carbocycles. The van der Waals surface area contributed by atoms with Crippen molar-refractivity contribution in [3.8, 4) is 17.2 Å². The molecule has 0 bridgehead atoms. The van der Waals surface area contributed by atoms with Gasteiger partial charge in [0.2, 0.25) is 0 Å². The van der Waals surface area contributed by atoms with Crippen molar-refractivity contribution in [2.24, 2.45) is 0 Å². The number of ether oxygens (including phenoxy) is 4. The Morgan fingerprint density at radius 1 is 0.943 bits per heavy atom. The van der Waals surface area contributed by atoms with Crippen LogP contribution in [-0.4, -0.2) is 31.0 Å². The third-order valence-corrected chi connectivity index (χ3v) is 7.02. The summed E-state index contributed by atoms with van der Waals surface area (Å²) >= 11 is 0. The molecule has 0 aliphatic carbocycles. The summed E-state index contributed by atoms with van der Waals surface area (Å²) in [6.07, 6.45) is 3.09. The number of carbonyl (C=O) groups excluding carboxylic acids is 1. The molecule has 0 fully saturated rings.